The van der Waals surface area contributed by atoms with Crippen molar-refractivity contribution in [2.75, 3.05) is 4.90 Å². The second-order valence-electron chi connectivity index (χ2n) is 9.46. The van der Waals surface area contributed by atoms with Gasteiger partial charge in [0, 0.05) is 12.0 Å². The maximum Gasteiger partial charge on any atom is 0.245 e. The molecule has 2 fully saturated rings. The minimum absolute atomic E-state index is 0.0476. The van der Waals surface area contributed by atoms with Crippen LogP contribution in [0.5, 0.6) is 0 Å². The van der Waals surface area contributed by atoms with E-state index in [4.69, 9.17) is 0 Å². The van der Waals surface area contributed by atoms with Gasteiger partial charge >= 0.3 is 0 Å². The first-order chi connectivity index (χ1) is 15.8. The Morgan fingerprint density at radius 1 is 0.939 bits per heavy atom. The smallest absolute Gasteiger partial charge is 0.245 e. The fourth-order valence-electron chi connectivity index (χ4n) is 5.23. The van der Waals surface area contributed by atoms with Crippen LogP contribution in [0.2, 0.25) is 0 Å². The third-order valence-corrected chi connectivity index (χ3v) is 6.91. The van der Waals surface area contributed by atoms with E-state index in [0.717, 1.165) is 5.56 Å². The molecular formula is C25H28N4O4. The summed E-state index contributed by atoms with van der Waals surface area (Å²) in [6.07, 6.45) is -0.295. The van der Waals surface area contributed by atoms with Crippen LogP contribution in [0.25, 0.3) is 0 Å². The predicted octanol–water partition coefficient (Wildman–Crippen LogP) is 0.791. The number of para-hydroxylation sites is 1. The monoisotopic (exact) mass is 448 g/mol. The lowest BCUT2D eigenvalue weighted by Gasteiger charge is -2.37. The van der Waals surface area contributed by atoms with Crippen molar-refractivity contribution >= 4 is 23.4 Å². The Hall–Kier alpha value is -3.23. The second-order valence-corrected chi connectivity index (χ2v) is 9.46. The zero-order valence-corrected chi connectivity index (χ0v) is 18.6. The normalized spacial score (nSPS) is 30.8. The highest BCUT2D eigenvalue weighted by atomic mass is 16.3. The summed E-state index contributed by atoms with van der Waals surface area (Å²) < 4.78 is 0. The van der Waals surface area contributed by atoms with Crippen molar-refractivity contribution < 1.29 is 19.5 Å². The quantitative estimate of drug-likeness (QED) is 0.541. The average molecular weight is 449 g/mol. The molecular weight excluding hydrogens is 420 g/mol. The van der Waals surface area contributed by atoms with Crippen molar-refractivity contribution in [3.8, 4) is 0 Å². The van der Waals surface area contributed by atoms with Crippen LogP contribution in [0.15, 0.2) is 54.6 Å². The van der Waals surface area contributed by atoms with E-state index in [0.29, 0.717) is 17.7 Å². The lowest BCUT2D eigenvalue weighted by molar-refractivity contribution is -0.140. The van der Waals surface area contributed by atoms with Gasteiger partial charge in [0.1, 0.15) is 23.9 Å². The maximum absolute atomic E-state index is 13.4. The molecule has 33 heavy (non-hydrogen) atoms. The van der Waals surface area contributed by atoms with E-state index in [1.165, 1.54) is 0 Å². The van der Waals surface area contributed by atoms with Crippen LogP contribution >= 0.6 is 0 Å². The summed E-state index contributed by atoms with van der Waals surface area (Å²) in [6, 6.07) is 14.9. The molecule has 0 aromatic heterocycles. The lowest BCUT2D eigenvalue weighted by atomic mass is 9.85. The van der Waals surface area contributed by atoms with Crippen LogP contribution in [0.1, 0.15) is 31.4 Å². The van der Waals surface area contributed by atoms with Gasteiger partial charge in [-0.15, -0.1) is 0 Å². The van der Waals surface area contributed by atoms with Crippen LogP contribution in [0.3, 0.4) is 0 Å². The van der Waals surface area contributed by atoms with Gasteiger partial charge in [0.15, 0.2) is 0 Å². The number of benzene rings is 2. The van der Waals surface area contributed by atoms with E-state index in [-0.39, 0.29) is 30.1 Å². The van der Waals surface area contributed by atoms with E-state index in [9.17, 15) is 19.5 Å². The Morgan fingerprint density at radius 3 is 2.36 bits per heavy atom. The number of anilines is 1. The number of nitrogens with one attached hydrogen (secondary N) is 3. The molecule has 0 radical (unpaired) electrons. The minimum Gasteiger partial charge on any atom is -0.381 e. The van der Waals surface area contributed by atoms with E-state index in [2.05, 4.69) is 16.0 Å². The number of fused-ring (bicyclic) bond motifs is 3. The fourth-order valence-corrected chi connectivity index (χ4v) is 5.23. The van der Waals surface area contributed by atoms with Crippen molar-refractivity contribution in [2.24, 2.45) is 5.92 Å². The molecule has 0 saturated carbocycles. The Kier molecular flexibility index (Phi) is 5.22. The summed E-state index contributed by atoms with van der Waals surface area (Å²) >= 11 is 0. The Labute approximate surface area is 192 Å². The molecule has 5 atom stereocenters. The number of rotatable bonds is 5. The number of hydrogen-bond donors (Lipinski definition) is 4. The Balaban J connectivity index is 1.44. The highest BCUT2D eigenvalue weighted by molar-refractivity contribution is 6.03. The molecule has 0 unspecified atom stereocenters. The molecule has 0 bridgehead atoms. The molecule has 3 aliphatic heterocycles. The highest BCUT2D eigenvalue weighted by Crippen LogP contribution is 2.48. The van der Waals surface area contributed by atoms with Gasteiger partial charge < -0.3 is 15.7 Å². The number of amides is 3. The third kappa shape index (κ3) is 3.50. The molecule has 2 aromatic rings. The molecule has 8 nitrogen and oxygen atoms in total. The first-order valence-electron chi connectivity index (χ1n) is 11.4. The van der Waals surface area contributed by atoms with Gasteiger partial charge in [-0.05, 0) is 24.0 Å². The fraction of sp³-hybridized carbons (Fsp3) is 0.400. The van der Waals surface area contributed by atoms with E-state index < -0.39 is 29.9 Å². The van der Waals surface area contributed by atoms with Gasteiger partial charge in [0.05, 0.1) is 11.7 Å². The molecule has 2 saturated heterocycles. The van der Waals surface area contributed by atoms with Crippen molar-refractivity contribution in [1.82, 2.24) is 16.0 Å². The standard InChI is InChI=1S/C25H28N4O4/c1-14(2)20-22(31)26-18(21(30)28-20)13-25(33)16-10-6-7-11-19(16)29-23(32)17(27-24(25)29)12-15-8-4-3-5-9-15/h3-11,14,17-18,20,24,27,33H,12-13H2,1-2H3,(H,26,31)(H,28,30)/t17-,18-,20+,24+,25-/m1/s1. The number of aliphatic hydroxyl groups is 1. The molecule has 4 N–H and O–H groups in total. The van der Waals surface area contributed by atoms with Crippen LogP contribution in [0, 0.1) is 5.92 Å². The topological polar surface area (TPSA) is 111 Å². The first-order valence-corrected chi connectivity index (χ1v) is 11.4. The summed E-state index contributed by atoms with van der Waals surface area (Å²) in [4.78, 5) is 40.4. The molecule has 3 amide bonds. The third-order valence-electron chi connectivity index (χ3n) is 6.91. The summed E-state index contributed by atoms with van der Waals surface area (Å²) in [5, 5.41) is 20.8. The summed E-state index contributed by atoms with van der Waals surface area (Å²) in [5.74, 6) is -0.764. The van der Waals surface area contributed by atoms with Gasteiger partial charge in [-0.2, -0.15) is 0 Å². The van der Waals surface area contributed by atoms with E-state index in [1.807, 2.05) is 50.2 Å². The highest BCUT2D eigenvalue weighted by Gasteiger charge is 2.59. The molecule has 3 heterocycles. The largest absolute Gasteiger partial charge is 0.381 e. The van der Waals surface area contributed by atoms with Crippen molar-refractivity contribution in [3.63, 3.8) is 0 Å². The van der Waals surface area contributed by atoms with E-state index >= 15 is 0 Å². The first kappa shape index (κ1) is 21.6. The number of piperazine rings is 1. The van der Waals surface area contributed by atoms with Crippen molar-refractivity contribution in [3.05, 3.63) is 65.7 Å². The molecule has 5 rings (SSSR count). The van der Waals surface area contributed by atoms with Crippen LogP contribution < -0.4 is 20.9 Å². The second kappa shape index (κ2) is 7.97. The summed E-state index contributed by atoms with van der Waals surface area (Å²) in [5.41, 5.74) is 0.667. The van der Waals surface area contributed by atoms with Gasteiger partial charge in [-0.25, -0.2) is 0 Å². The number of carbonyl (C=O) groups excluding carboxylic acids is 3. The predicted molar refractivity (Wildman–Crippen MR) is 122 cm³/mol. The number of nitrogens with zero attached hydrogens (tertiary/aromatic N) is 1. The van der Waals surface area contributed by atoms with Crippen molar-refractivity contribution in [1.29, 1.82) is 0 Å². The lowest BCUT2D eigenvalue weighted by Crippen LogP contribution is -2.65. The number of carbonyl (C=O) groups is 3. The molecule has 172 valence electrons. The van der Waals surface area contributed by atoms with E-state index in [1.54, 1.807) is 23.1 Å². The maximum atomic E-state index is 13.4. The van der Waals surface area contributed by atoms with Crippen LogP contribution in [0.4, 0.5) is 5.69 Å². The zero-order chi connectivity index (χ0) is 23.3. The molecule has 0 aliphatic carbocycles. The SMILES string of the molecule is CC(C)[C@@H]1NC(=O)[C@@H](C[C@@]2(O)c3ccccc3N3C(=O)[C@@H](Cc4ccccc4)N[C@@H]32)NC1=O. The molecule has 8 heteroatoms. The molecule has 0 spiro atoms. The molecule has 2 aromatic carbocycles. The number of hydrogen-bond acceptors (Lipinski definition) is 5. The molecule has 3 aliphatic rings. The van der Waals surface area contributed by atoms with Gasteiger partial charge in [-0.3, -0.25) is 24.6 Å². The Morgan fingerprint density at radius 2 is 1.64 bits per heavy atom. The summed E-state index contributed by atoms with van der Waals surface area (Å²) in [6.45, 7) is 3.73. The van der Waals surface area contributed by atoms with Gasteiger partial charge in [0.25, 0.3) is 0 Å². The average Bonchev–Trinajstić information content (AvgIpc) is 3.24. The van der Waals surface area contributed by atoms with Gasteiger partial charge in [-0.1, -0.05) is 62.4 Å². The minimum atomic E-state index is -1.54. The zero-order valence-electron chi connectivity index (χ0n) is 18.6. The van der Waals surface area contributed by atoms with Crippen LogP contribution in [-0.4, -0.2) is 47.1 Å². The summed E-state index contributed by atoms with van der Waals surface area (Å²) in [7, 11) is 0. The van der Waals surface area contributed by atoms with Crippen molar-refractivity contribution in [2.45, 2.75) is 56.6 Å². The Bertz CT molecular complexity index is 1100. The van der Waals surface area contributed by atoms with Gasteiger partial charge in [0.2, 0.25) is 17.7 Å². The van der Waals surface area contributed by atoms with Crippen LogP contribution in [-0.2, 0) is 26.4 Å².